The molecule has 1 aliphatic rings. The van der Waals surface area contributed by atoms with E-state index in [0.717, 1.165) is 28.3 Å². The quantitative estimate of drug-likeness (QED) is 0.319. The van der Waals surface area contributed by atoms with Crippen LogP contribution in [0.2, 0.25) is 0 Å². The van der Waals surface area contributed by atoms with Crippen LogP contribution >= 0.6 is 0 Å². The Labute approximate surface area is 240 Å². The second-order valence-electron chi connectivity index (χ2n) is 10.4. The highest BCUT2D eigenvalue weighted by Crippen LogP contribution is 2.21. The Hall–Kier alpha value is -4.22. The number of hydrogen-bond acceptors (Lipinski definition) is 5. The van der Waals surface area contributed by atoms with Crippen molar-refractivity contribution >= 4 is 5.69 Å². The van der Waals surface area contributed by atoms with Gasteiger partial charge >= 0.3 is 5.69 Å². The van der Waals surface area contributed by atoms with Crippen molar-refractivity contribution < 1.29 is 17.6 Å². The van der Waals surface area contributed by atoms with Crippen molar-refractivity contribution in [1.29, 1.82) is 0 Å². The molecule has 0 aliphatic carbocycles. The molecule has 3 aromatic carbocycles. The normalized spacial score (nSPS) is 14.8. The number of hydrogen-bond donors (Lipinski definition) is 1. The number of halogens is 4. The maximum Gasteiger partial charge on any atom is 0.331 e. The molecule has 0 saturated carbocycles. The van der Waals surface area contributed by atoms with Crippen molar-refractivity contribution in [3.8, 4) is 0 Å². The van der Waals surface area contributed by atoms with E-state index in [4.69, 9.17) is 5.73 Å². The number of piperazine rings is 1. The van der Waals surface area contributed by atoms with E-state index in [1.807, 2.05) is 15.9 Å². The Kier molecular flexibility index (Phi) is 8.60. The summed E-state index contributed by atoms with van der Waals surface area (Å²) in [5.41, 5.74) is 6.25. The van der Waals surface area contributed by atoms with Crippen LogP contribution in [0.25, 0.3) is 0 Å². The second kappa shape index (κ2) is 12.3. The van der Waals surface area contributed by atoms with Gasteiger partial charge in [0.25, 0.3) is 5.56 Å². The highest BCUT2D eigenvalue weighted by molar-refractivity contribution is 5.50. The Morgan fingerprint density at radius 2 is 1.38 bits per heavy atom. The van der Waals surface area contributed by atoms with Crippen LogP contribution in [0.5, 0.6) is 0 Å². The van der Waals surface area contributed by atoms with Gasteiger partial charge in [0.2, 0.25) is 0 Å². The van der Waals surface area contributed by atoms with E-state index in [0.29, 0.717) is 26.2 Å². The summed E-state index contributed by atoms with van der Waals surface area (Å²) in [6, 6.07) is 15.8. The van der Waals surface area contributed by atoms with Crippen LogP contribution in [0.15, 0.2) is 76.3 Å². The molecule has 0 unspecified atom stereocenters. The number of rotatable bonds is 8. The number of nitrogens with zero attached hydrogens (tertiary/aromatic N) is 4. The smallest absolute Gasteiger partial charge is 0.331 e. The van der Waals surface area contributed by atoms with E-state index < -0.39 is 47.1 Å². The van der Waals surface area contributed by atoms with Gasteiger partial charge in [-0.15, -0.1) is 0 Å². The van der Waals surface area contributed by atoms with Crippen LogP contribution in [0, 0.1) is 30.2 Å². The molecule has 0 bridgehead atoms. The molecule has 220 valence electrons. The molecule has 1 atom stereocenters. The highest BCUT2D eigenvalue weighted by atomic mass is 19.2. The molecule has 5 rings (SSSR count). The summed E-state index contributed by atoms with van der Waals surface area (Å²) < 4.78 is 59.4. The minimum atomic E-state index is -0.912. The van der Waals surface area contributed by atoms with Gasteiger partial charge in [0.05, 0.1) is 13.1 Å². The summed E-state index contributed by atoms with van der Waals surface area (Å²) >= 11 is 0. The molecule has 0 spiro atoms. The van der Waals surface area contributed by atoms with E-state index in [2.05, 4.69) is 0 Å². The van der Waals surface area contributed by atoms with Crippen LogP contribution in [-0.4, -0.2) is 40.2 Å². The van der Waals surface area contributed by atoms with Crippen molar-refractivity contribution in [2.24, 2.45) is 5.73 Å². The molecule has 1 aromatic heterocycles. The maximum absolute atomic E-state index is 14.6. The number of aromatic nitrogens is 2. The molecule has 2 heterocycles. The van der Waals surface area contributed by atoms with Crippen LogP contribution < -0.4 is 21.9 Å². The Morgan fingerprint density at radius 3 is 2.05 bits per heavy atom. The molecule has 1 aliphatic heterocycles. The van der Waals surface area contributed by atoms with Crippen LogP contribution in [0.1, 0.15) is 28.4 Å². The van der Waals surface area contributed by atoms with Gasteiger partial charge in [0.1, 0.15) is 17.3 Å². The number of benzene rings is 3. The van der Waals surface area contributed by atoms with Crippen LogP contribution in [0.3, 0.4) is 0 Å². The molecule has 7 nitrogen and oxygen atoms in total. The first-order chi connectivity index (χ1) is 20.2. The lowest BCUT2D eigenvalue weighted by molar-refractivity contribution is 0.245. The van der Waals surface area contributed by atoms with Crippen molar-refractivity contribution in [3.05, 3.63) is 133 Å². The second-order valence-corrected chi connectivity index (χ2v) is 10.4. The van der Waals surface area contributed by atoms with Crippen LogP contribution in [-0.2, 0) is 19.6 Å². The Balaban J connectivity index is 1.50. The van der Waals surface area contributed by atoms with E-state index in [1.54, 1.807) is 31.2 Å². The van der Waals surface area contributed by atoms with Gasteiger partial charge in [-0.05, 0) is 30.7 Å². The zero-order chi connectivity index (χ0) is 30.0. The predicted molar refractivity (Wildman–Crippen MR) is 152 cm³/mol. The molecule has 42 heavy (non-hydrogen) atoms. The first-order valence-electron chi connectivity index (χ1n) is 13.6. The molecule has 11 heteroatoms. The zero-order valence-electron chi connectivity index (χ0n) is 23.1. The van der Waals surface area contributed by atoms with Gasteiger partial charge in [-0.1, -0.05) is 48.5 Å². The SMILES string of the molecule is Cc1c(N2CCN(Cc3cccc(F)c3F)CC2)c(=O)n(C[C@H](N)c2ccccc2)c(=O)n1Cc1c(F)cccc1F. The third-order valence-electron chi connectivity index (χ3n) is 7.76. The Bertz CT molecular complexity index is 1680. The van der Waals surface area contributed by atoms with Gasteiger partial charge in [0.15, 0.2) is 11.6 Å². The third-order valence-corrected chi connectivity index (χ3v) is 7.76. The molecule has 2 N–H and O–H groups in total. The molecule has 1 saturated heterocycles. The lowest BCUT2D eigenvalue weighted by atomic mass is 10.1. The fraction of sp³-hybridized carbons (Fsp3) is 0.290. The van der Waals surface area contributed by atoms with E-state index in [1.165, 1.54) is 22.8 Å². The lowest BCUT2D eigenvalue weighted by Crippen LogP contribution is -2.51. The number of anilines is 1. The fourth-order valence-electron chi connectivity index (χ4n) is 5.38. The van der Waals surface area contributed by atoms with Gasteiger partial charge in [-0.2, -0.15) is 0 Å². The van der Waals surface area contributed by atoms with E-state index in [-0.39, 0.29) is 35.6 Å². The number of nitrogens with two attached hydrogens (primary N) is 1. The van der Waals surface area contributed by atoms with Gasteiger partial charge in [0, 0.05) is 55.6 Å². The summed E-state index contributed by atoms with van der Waals surface area (Å²) in [6.45, 7) is 2.77. The third kappa shape index (κ3) is 5.88. The first-order valence-corrected chi connectivity index (χ1v) is 13.6. The maximum atomic E-state index is 14.6. The predicted octanol–water partition coefficient (Wildman–Crippen LogP) is 3.95. The largest absolute Gasteiger partial charge is 0.363 e. The Morgan fingerprint density at radius 1 is 0.762 bits per heavy atom. The molecule has 0 amide bonds. The zero-order valence-corrected chi connectivity index (χ0v) is 23.1. The summed E-state index contributed by atoms with van der Waals surface area (Å²) in [6.07, 6.45) is 0. The lowest BCUT2D eigenvalue weighted by Gasteiger charge is -2.37. The van der Waals surface area contributed by atoms with Crippen molar-refractivity contribution in [1.82, 2.24) is 14.0 Å². The summed E-state index contributed by atoms with van der Waals surface area (Å²) in [7, 11) is 0. The molecular weight excluding hydrogens is 550 g/mol. The minimum absolute atomic E-state index is 0.145. The standard InChI is InChI=1S/C31H31F4N5O2/c1-20-29(38-15-13-37(14-16-38)17-22-9-5-12-26(34)28(22)35)30(41)40(19-27(36)21-7-3-2-4-8-21)31(42)39(20)18-23-24(32)10-6-11-25(23)33/h2-12,27H,13-19,36H2,1H3/t27-/m0/s1. The molecule has 0 radical (unpaired) electrons. The van der Waals surface area contributed by atoms with Gasteiger partial charge in [-0.3, -0.25) is 18.8 Å². The molecular formula is C31H31F4N5O2. The average Bonchev–Trinajstić information content (AvgIpc) is 2.98. The average molecular weight is 582 g/mol. The summed E-state index contributed by atoms with van der Waals surface area (Å²) in [5, 5.41) is 0. The summed E-state index contributed by atoms with van der Waals surface area (Å²) in [5.74, 6) is -3.41. The van der Waals surface area contributed by atoms with Crippen molar-refractivity contribution in [2.75, 3.05) is 31.1 Å². The highest BCUT2D eigenvalue weighted by Gasteiger charge is 2.27. The fourth-order valence-corrected chi connectivity index (χ4v) is 5.38. The van der Waals surface area contributed by atoms with Gasteiger partial charge in [-0.25, -0.2) is 22.4 Å². The first kappa shape index (κ1) is 29.3. The van der Waals surface area contributed by atoms with E-state index >= 15 is 0 Å². The van der Waals surface area contributed by atoms with E-state index in [9.17, 15) is 27.2 Å². The van der Waals surface area contributed by atoms with Gasteiger partial charge < -0.3 is 10.6 Å². The molecule has 4 aromatic rings. The molecule has 1 fully saturated rings. The monoisotopic (exact) mass is 581 g/mol. The van der Waals surface area contributed by atoms with Crippen molar-refractivity contribution in [3.63, 3.8) is 0 Å². The van der Waals surface area contributed by atoms with Crippen LogP contribution in [0.4, 0.5) is 23.2 Å². The summed E-state index contributed by atoms with van der Waals surface area (Å²) in [4.78, 5) is 31.3. The van der Waals surface area contributed by atoms with Crippen molar-refractivity contribution in [2.45, 2.75) is 32.6 Å². The topological polar surface area (TPSA) is 76.5 Å². The minimum Gasteiger partial charge on any atom is -0.363 e.